The smallest absolute Gasteiger partial charge is 0.220 e. The molecule has 5 nitrogen and oxygen atoms in total. The third-order valence-corrected chi connectivity index (χ3v) is 3.67. The van der Waals surface area contributed by atoms with Gasteiger partial charge in [0.05, 0.1) is 12.1 Å². The summed E-state index contributed by atoms with van der Waals surface area (Å²) in [5.41, 5.74) is 6.01. The van der Waals surface area contributed by atoms with Crippen LogP contribution in [-0.2, 0) is 14.3 Å². The third-order valence-electron chi connectivity index (χ3n) is 3.67. The molecule has 0 aromatic heterocycles. The average molecular weight is 242 g/mol. The largest absolute Gasteiger partial charge is 0.382 e. The van der Waals surface area contributed by atoms with Crippen LogP contribution < -0.4 is 11.1 Å². The molecule has 4 unspecified atom stereocenters. The molecule has 0 bridgehead atoms. The lowest BCUT2D eigenvalue weighted by atomic mass is 9.72. The van der Waals surface area contributed by atoms with Gasteiger partial charge in [-0.25, -0.2) is 0 Å². The summed E-state index contributed by atoms with van der Waals surface area (Å²) in [6.07, 6.45) is 2.44. The number of carbonyl (C=O) groups excluding carboxylic acids is 1. The second-order valence-corrected chi connectivity index (χ2v) is 4.76. The van der Waals surface area contributed by atoms with E-state index in [1.807, 2.05) is 6.92 Å². The van der Waals surface area contributed by atoms with Crippen LogP contribution in [0.5, 0.6) is 0 Å². The number of hydrogen-bond donors (Lipinski definition) is 2. The molecule has 1 heterocycles. The first-order chi connectivity index (χ1) is 8.24. The third kappa shape index (κ3) is 2.78. The number of amides is 1. The van der Waals surface area contributed by atoms with Crippen molar-refractivity contribution in [1.82, 2.24) is 5.32 Å². The van der Waals surface area contributed by atoms with E-state index >= 15 is 0 Å². The molecule has 0 aromatic rings. The van der Waals surface area contributed by atoms with Crippen molar-refractivity contribution in [2.24, 2.45) is 11.7 Å². The van der Waals surface area contributed by atoms with Gasteiger partial charge in [-0.05, 0) is 19.8 Å². The highest BCUT2D eigenvalue weighted by atomic mass is 16.5. The first kappa shape index (κ1) is 12.8. The number of fused-ring (bicyclic) bond motifs is 1. The van der Waals surface area contributed by atoms with Crippen LogP contribution in [-0.4, -0.2) is 43.9 Å². The lowest BCUT2D eigenvalue weighted by Gasteiger charge is -2.45. The minimum Gasteiger partial charge on any atom is -0.382 e. The highest BCUT2D eigenvalue weighted by Gasteiger charge is 2.52. The van der Waals surface area contributed by atoms with Crippen LogP contribution in [0, 0.1) is 5.92 Å². The lowest BCUT2D eigenvalue weighted by molar-refractivity contribution is -0.126. The average Bonchev–Trinajstić information content (AvgIpc) is 2.76. The van der Waals surface area contributed by atoms with Gasteiger partial charge < -0.3 is 20.5 Å². The quantitative estimate of drug-likeness (QED) is 0.645. The van der Waals surface area contributed by atoms with Crippen molar-refractivity contribution in [1.29, 1.82) is 0 Å². The highest BCUT2D eigenvalue weighted by Crippen LogP contribution is 2.37. The van der Waals surface area contributed by atoms with Crippen LogP contribution in [0.4, 0.5) is 0 Å². The van der Waals surface area contributed by atoms with Gasteiger partial charge in [0.25, 0.3) is 0 Å². The molecule has 1 aliphatic heterocycles. The van der Waals surface area contributed by atoms with Crippen molar-refractivity contribution in [3.63, 3.8) is 0 Å². The lowest BCUT2D eigenvalue weighted by Crippen LogP contribution is -2.68. The van der Waals surface area contributed by atoms with E-state index in [0.29, 0.717) is 25.6 Å². The van der Waals surface area contributed by atoms with Crippen LogP contribution >= 0.6 is 0 Å². The molecule has 2 rings (SSSR count). The monoisotopic (exact) mass is 242 g/mol. The minimum atomic E-state index is 0.0158. The molecule has 3 N–H and O–H groups in total. The van der Waals surface area contributed by atoms with Gasteiger partial charge in [0.15, 0.2) is 0 Å². The summed E-state index contributed by atoms with van der Waals surface area (Å²) >= 11 is 0. The zero-order valence-corrected chi connectivity index (χ0v) is 10.4. The summed E-state index contributed by atoms with van der Waals surface area (Å²) in [5, 5.41) is 2.97. The molecule has 98 valence electrons. The van der Waals surface area contributed by atoms with E-state index in [2.05, 4.69) is 5.32 Å². The van der Waals surface area contributed by atoms with Gasteiger partial charge in [-0.3, -0.25) is 4.79 Å². The van der Waals surface area contributed by atoms with E-state index in [1.54, 1.807) is 0 Å². The Morgan fingerprint density at radius 3 is 3.18 bits per heavy atom. The maximum Gasteiger partial charge on any atom is 0.220 e. The number of hydrogen-bond acceptors (Lipinski definition) is 4. The molecule has 5 heteroatoms. The molecule has 1 aliphatic carbocycles. The normalized spacial score (nSPS) is 35.2. The van der Waals surface area contributed by atoms with E-state index in [9.17, 15) is 4.79 Å². The predicted octanol–water partition coefficient (Wildman–Crippen LogP) is 0.0339. The predicted molar refractivity (Wildman–Crippen MR) is 63.5 cm³/mol. The van der Waals surface area contributed by atoms with E-state index in [4.69, 9.17) is 15.2 Å². The maximum atomic E-state index is 11.7. The Balaban J connectivity index is 1.65. The Labute approximate surface area is 102 Å². The van der Waals surface area contributed by atoms with Crippen LogP contribution in [0.3, 0.4) is 0 Å². The Kier molecular flexibility index (Phi) is 4.36. The summed E-state index contributed by atoms with van der Waals surface area (Å²) in [6.45, 7) is 4.07. The van der Waals surface area contributed by atoms with E-state index in [-0.39, 0.29) is 24.1 Å². The van der Waals surface area contributed by atoms with Gasteiger partial charge in [-0.15, -0.1) is 0 Å². The molecule has 1 saturated carbocycles. The Bertz CT molecular complexity index is 272. The molecule has 4 atom stereocenters. The van der Waals surface area contributed by atoms with Crippen molar-refractivity contribution in [3.8, 4) is 0 Å². The van der Waals surface area contributed by atoms with E-state index in [1.165, 1.54) is 0 Å². The molecule has 0 radical (unpaired) electrons. The minimum absolute atomic E-state index is 0.0158. The van der Waals surface area contributed by atoms with E-state index in [0.717, 1.165) is 19.4 Å². The zero-order valence-electron chi connectivity index (χ0n) is 10.4. The number of ether oxygens (including phenoxy) is 2. The molecule has 0 aromatic carbocycles. The molecule has 2 aliphatic rings. The summed E-state index contributed by atoms with van der Waals surface area (Å²) in [6, 6.07) is 0.0837. The zero-order chi connectivity index (χ0) is 12.3. The molecule has 2 fully saturated rings. The van der Waals surface area contributed by atoms with Gasteiger partial charge in [0, 0.05) is 38.2 Å². The van der Waals surface area contributed by atoms with Crippen LogP contribution in [0.1, 0.15) is 26.2 Å². The molecular formula is C12H22N2O3. The van der Waals surface area contributed by atoms with E-state index < -0.39 is 0 Å². The molecule has 0 spiro atoms. The second kappa shape index (κ2) is 5.80. The van der Waals surface area contributed by atoms with Gasteiger partial charge in [0.2, 0.25) is 5.91 Å². The fourth-order valence-corrected chi connectivity index (χ4v) is 2.66. The summed E-state index contributed by atoms with van der Waals surface area (Å²) in [7, 11) is 0. The van der Waals surface area contributed by atoms with Crippen LogP contribution in [0.2, 0.25) is 0 Å². The van der Waals surface area contributed by atoms with Gasteiger partial charge in [0.1, 0.15) is 0 Å². The summed E-state index contributed by atoms with van der Waals surface area (Å²) in [4.78, 5) is 11.7. The fourth-order valence-electron chi connectivity index (χ4n) is 2.66. The molecule has 1 amide bonds. The SMILES string of the molecule is CCOCCCC(=O)NC1C(N)C2CCOC21. The standard InChI is InChI=1S/C12H22N2O3/c1-2-16-6-3-4-9(15)14-11-10(13)8-5-7-17-12(8)11/h8,10-12H,2-7,13H2,1H3,(H,14,15). The molecular weight excluding hydrogens is 220 g/mol. The Morgan fingerprint density at radius 2 is 2.41 bits per heavy atom. The Morgan fingerprint density at radius 1 is 1.59 bits per heavy atom. The van der Waals surface area contributed by atoms with Gasteiger partial charge in [-0.2, -0.15) is 0 Å². The summed E-state index contributed by atoms with van der Waals surface area (Å²) < 4.78 is 10.7. The second-order valence-electron chi connectivity index (χ2n) is 4.76. The van der Waals surface area contributed by atoms with Crippen molar-refractivity contribution in [2.75, 3.05) is 19.8 Å². The van der Waals surface area contributed by atoms with Crippen molar-refractivity contribution in [2.45, 2.75) is 44.4 Å². The molecule has 1 saturated heterocycles. The maximum absolute atomic E-state index is 11.7. The van der Waals surface area contributed by atoms with Crippen LogP contribution in [0.15, 0.2) is 0 Å². The summed E-state index contributed by atoms with van der Waals surface area (Å²) in [5.74, 6) is 0.503. The van der Waals surface area contributed by atoms with Crippen molar-refractivity contribution < 1.29 is 14.3 Å². The van der Waals surface area contributed by atoms with Crippen molar-refractivity contribution in [3.05, 3.63) is 0 Å². The number of nitrogens with two attached hydrogens (primary N) is 1. The number of carbonyl (C=O) groups is 1. The van der Waals surface area contributed by atoms with Gasteiger partial charge >= 0.3 is 0 Å². The molecule has 17 heavy (non-hydrogen) atoms. The number of nitrogens with one attached hydrogen (secondary N) is 1. The highest BCUT2D eigenvalue weighted by molar-refractivity contribution is 5.76. The topological polar surface area (TPSA) is 73.6 Å². The Hall–Kier alpha value is -0.650. The first-order valence-corrected chi connectivity index (χ1v) is 6.48. The van der Waals surface area contributed by atoms with Gasteiger partial charge in [-0.1, -0.05) is 0 Å². The fraction of sp³-hybridized carbons (Fsp3) is 0.917. The van der Waals surface area contributed by atoms with Crippen molar-refractivity contribution >= 4 is 5.91 Å². The number of rotatable bonds is 6. The van der Waals surface area contributed by atoms with Crippen LogP contribution in [0.25, 0.3) is 0 Å². The first-order valence-electron chi connectivity index (χ1n) is 6.48.